The summed E-state index contributed by atoms with van der Waals surface area (Å²) in [6.45, 7) is 0.752. The quantitative estimate of drug-likeness (QED) is 0.863. The van der Waals surface area contributed by atoms with E-state index in [2.05, 4.69) is 10.2 Å². The molecule has 0 bridgehead atoms. The van der Waals surface area contributed by atoms with Crippen molar-refractivity contribution in [1.82, 2.24) is 15.1 Å². The molecular formula is C18H17N3O5. The number of hydrogen-bond donors (Lipinski definition) is 1. The van der Waals surface area contributed by atoms with E-state index in [0.717, 1.165) is 0 Å². The molecule has 1 N–H and O–H groups in total. The Bertz CT molecular complexity index is 934. The first-order valence-corrected chi connectivity index (χ1v) is 8.25. The van der Waals surface area contributed by atoms with Crippen molar-refractivity contribution in [2.24, 2.45) is 0 Å². The fourth-order valence-corrected chi connectivity index (χ4v) is 3.47. The summed E-state index contributed by atoms with van der Waals surface area (Å²) < 4.78 is 11.3. The van der Waals surface area contributed by atoms with E-state index in [0.29, 0.717) is 36.6 Å². The van der Waals surface area contributed by atoms with Crippen molar-refractivity contribution < 1.29 is 19.1 Å². The van der Waals surface area contributed by atoms with E-state index in [1.807, 2.05) is 0 Å². The molecule has 0 aliphatic carbocycles. The van der Waals surface area contributed by atoms with Crippen molar-refractivity contribution in [3.05, 3.63) is 51.9 Å². The van der Waals surface area contributed by atoms with E-state index in [9.17, 15) is 14.4 Å². The lowest BCUT2D eigenvalue weighted by Crippen LogP contribution is -2.45. The number of H-pyrrole nitrogens is 1. The van der Waals surface area contributed by atoms with Crippen LogP contribution in [0.2, 0.25) is 0 Å². The molecular weight excluding hydrogens is 338 g/mol. The third-order valence-corrected chi connectivity index (χ3v) is 4.80. The Kier molecular flexibility index (Phi) is 3.75. The molecule has 26 heavy (non-hydrogen) atoms. The number of amides is 1. The molecule has 8 heteroatoms. The molecule has 0 saturated carbocycles. The highest BCUT2D eigenvalue weighted by atomic mass is 16.5. The average molecular weight is 355 g/mol. The topological polar surface area (TPSA) is 102 Å². The van der Waals surface area contributed by atoms with Crippen LogP contribution in [0.4, 0.5) is 0 Å². The number of Topliss-reactive ketones (excluding diaryl/α,β-unsaturated/α-hetero) is 1. The Morgan fingerprint density at radius 2 is 2.15 bits per heavy atom. The number of methoxy groups -OCH3 is 1. The molecule has 2 aromatic rings. The Morgan fingerprint density at radius 1 is 1.31 bits per heavy atom. The van der Waals surface area contributed by atoms with Crippen LogP contribution in [0.15, 0.2) is 35.1 Å². The van der Waals surface area contributed by atoms with E-state index in [1.54, 1.807) is 30.2 Å². The molecule has 1 spiro atoms. The fraction of sp³-hybridized carbons (Fsp3) is 0.333. The Labute approximate surface area is 148 Å². The van der Waals surface area contributed by atoms with Gasteiger partial charge in [-0.05, 0) is 24.3 Å². The summed E-state index contributed by atoms with van der Waals surface area (Å²) in [7, 11) is 1.54. The molecule has 1 fully saturated rings. The lowest BCUT2D eigenvalue weighted by Gasteiger charge is -2.34. The molecule has 134 valence electrons. The predicted molar refractivity (Wildman–Crippen MR) is 90.7 cm³/mol. The van der Waals surface area contributed by atoms with Gasteiger partial charge in [0.1, 0.15) is 22.8 Å². The number of ether oxygens (including phenoxy) is 2. The Balaban J connectivity index is 1.56. The van der Waals surface area contributed by atoms with E-state index in [1.165, 1.54) is 12.1 Å². The average Bonchev–Trinajstić information content (AvgIpc) is 3.04. The van der Waals surface area contributed by atoms with Gasteiger partial charge in [0.25, 0.3) is 11.5 Å². The van der Waals surface area contributed by atoms with Crippen LogP contribution in [0.25, 0.3) is 0 Å². The second-order valence-electron chi connectivity index (χ2n) is 6.53. The second kappa shape index (κ2) is 5.98. The molecule has 2 aliphatic rings. The normalized spacial score (nSPS) is 21.4. The Morgan fingerprint density at radius 3 is 2.88 bits per heavy atom. The zero-order chi connectivity index (χ0) is 18.3. The number of benzene rings is 1. The lowest BCUT2D eigenvalue weighted by molar-refractivity contribution is 0.0426. The Hall–Kier alpha value is -3.16. The van der Waals surface area contributed by atoms with Crippen LogP contribution in [-0.4, -0.2) is 52.6 Å². The summed E-state index contributed by atoms with van der Waals surface area (Å²) in [5.74, 6) is 0.791. The number of rotatable bonds is 2. The molecule has 1 aromatic carbocycles. The minimum atomic E-state index is -0.726. The predicted octanol–water partition coefficient (Wildman–Crippen LogP) is 1.03. The first-order valence-electron chi connectivity index (χ1n) is 8.25. The number of hydrogen-bond acceptors (Lipinski definition) is 6. The van der Waals surface area contributed by atoms with Gasteiger partial charge in [0.05, 0.1) is 25.6 Å². The molecule has 4 rings (SSSR count). The van der Waals surface area contributed by atoms with Gasteiger partial charge in [-0.15, -0.1) is 0 Å². The second-order valence-corrected chi connectivity index (χ2v) is 6.53. The minimum Gasteiger partial charge on any atom is -0.497 e. The summed E-state index contributed by atoms with van der Waals surface area (Å²) in [6, 6.07) is 7.79. The molecule has 3 heterocycles. The maximum Gasteiger partial charge on any atom is 0.274 e. The zero-order valence-electron chi connectivity index (χ0n) is 14.2. The maximum absolute atomic E-state index is 12.6. The minimum absolute atomic E-state index is 0.0263. The number of likely N-dealkylation sites (tertiary alicyclic amines) is 1. The van der Waals surface area contributed by atoms with Crippen LogP contribution in [0.1, 0.15) is 33.7 Å². The summed E-state index contributed by atoms with van der Waals surface area (Å²) in [5, 5.41) is 6.03. The van der Waals surface area contributed by atoms with Crippen LogP contribution in [0.3, 0.4) is 0 Å². The van der Waals surface area contributed by atoms with Gasteiger partial charge >= 0.3 is 0 Å². The highest BCUT2D eigenvalue weighted by molar-refractivity contribution is 6.01. The number of fused-ring (bicyclic) bond motifs is 1. The first-order chi connectivity index (χ1) is 12.5. The number of nitrogens with zero attached hydrogens (tertiary/aromatic N) is 2. The number of aromatic nitrogens is 2. The van der Waals surface area contributed by atoms with Crippen molar-refractivity contribution >= 4 is 11.7 Å². The molecule has 2 aliphatic heterocycles. The fourth-order valence-electron chi connectivity index (χ4n) is 3.47. The molecule has 0 radical (unpaired) electrons. The molecule has 8 nitrogen and oxygen atoms in total. The van der Waals surface area contributed by atoms with Crippen LogP contribution < -0.4 is 15.0 Å². The van der Waals surface area contributed by atoms with Crippen molar-refractivity contribution in [3.63, 3.8) is 0 Å². The number of carbonyl (C=O) groups excluding carboxylic acids is 2. The SMILES string of the molecule is COc1ccc2c(c1)C(=O)CC1(CCN(C(=O)c3ccc(=O)[nH]n3)C1)O2. The van der Waals surface area contributed by atoms with Gasteiger partial charge < -0.3 is 14.4 Å². The zero-order valence-corrected chi connectivity index (χ0v) is 14.2. The van der Waals surface area contributed by atoms with E-state index >= 15 is 0 Å². The third kappa shape index (κ3) is 2.73. The van der Waals surface area contributed by atoms with Crippen molar-refractivity contribution in [2.75, 3.05) is 20.2 Å². The molecule has 1 amide bonds. The van der Waals surface area contributed by atoms with Crippen LogP contribution >= 0.6 is 0 Å². The number of nitrogens with one attached hydrogen (secondary N) is 1. The van der Waals surface area contributed by atoms with Crippen molar-refractivity contribution in [3.8, 4) is 11.5 Å². The van der Waals surface area contributed by atoms with Crippen LogP contribution in [0.5, 0.6) is 11.5 Å². The lowest BCUT2D eigenvalue weighted by atomic mass is 9.89. The summed E-state index contributed by atoms with van der Waals surface area (Å²) in [6.07, 6.45) is 0.759. The van der Waals surface area contributed by atoms with Gasteiger partial charge in [0.15, 0.2) is 5.78 Å². The largest absolute Gasteiger partial charge is 0.497 e. The van der Waals surface area contributed by atoms with E-state index in [-0.39, 0.29) is 29.4 Å². The van der Waals surface area contributed by atoms with Gasteiger partial charge in [-0.1, -0.05) is 0 Å². The molecule has 1 saturated heterocycles. The highest BCUT2D eigenvalue weighted by Gasteiger charge is 2.47. The molecule has 1 aromatic heterocycles. The monoisotopic (exact) mass is 355 g/mol. The molecule has 1 unspecified atom stereocenters. The van der Waals surface area contributed by atoms with Gasteiger partial charge in [-0.3, -0.25) is 14.4 Å². The van der Waals surface area contributed by atoms with Gasteiger partial charge in [-0.25, -0.2) is 5.10 Å². The number of carbonyl (C=O) groups is 2. The van der Waals surface area contributed by atoms with Gasteiger partial charge in [-0.2, -0.15) is 5.10 Å². The summed E-state index contributed by atoms with van der Waals surface area (Å²) in [5.41, 5.74) is -0.431. The number of aromatic amines is 1. The van der Waals surface area contributed by atoms with Gasteiger partial charge in [0.2, 0.25) is 0 Å². The number of ketones is 1. The van der Waals surface area contributed by atoms with Crippen LogP contribution in [0, 0.1) is 0 Å². The summed E-state index contributed by atoms with van der Waals surface area (Å²) in [4.78, 5) is 37.9. The third-order valence-electron chi connectivity index (χ3n) is 4.80. The van der Waals surface area contributed by atoms with Gasteiger partial charge in [0, 0.05) is 19.0 Å². The van der Waals surface area contributed by atoms with E-state index in [4.69, 9.17) is 9.47 Å². The highest BCUT2D eigenvalue weighted by Crippen LogP contribution is 2.40. The van der Waals surface area contributed by atoms with Crippen molar-refractivity contribution in [1.29, 1.82) is 0 Å². The van der Waals surface area contributed by atoms with Crippen molar-refractivity contribution in [2.45, 2.75) is 18.4 Å². The molecule has 1 atom stereocenters. The maximum atomic E-state index is 12.6. The van der Waals surface area contributed by atoms with E-state index < -0.39 is 5.60 Å². The first kappa shape index (κ1) is 16.3. The smallest absolute Gasteiger partial charge is 0.274 e. The van der Waals surface area contributed by atoms with Crippen LogP contribution in [-0.2, 0) is 0 Å². The standard InChI is InChI=1S/C18H17N3O5/c1-25-11-2-4-15-12(8-11)14(22)9-18(26-15)6-7-21(10-18)17(24)13-3-5-16(23)20-19-13/h2-5,8H,6-7,9-10H2,1H3,(H,20,23). The summed E-state index contributed by atoms with van der Waals surface area (Å²) >= 11 is 0.